The smallest absolute Gasteiger partial charge is 0.223 e. The molecule has 1 aliphatic rings. The molecule has 0 bridgehead atoms. The summed E-state index contributed by atoms with van der Waals surface area (Å²) in [4.78, 5) is 16.1. The van der Waals surface area contributed by atoms with Crippen LogP contribution in [0.2, 0.25) is 0 Å². The second-order valence-electron chi connectivity index (χ2n) is 6.08. The van der Waals surface area contributed by atoms with Crippen molar-refractivity contribution < 1.29 is 4.79 Å². The molecule has 2 rings (SSSR count). The third kappa shape index (κ3) is 7.26. The van der Waals surface area contributed by atoms with Crippen molar-refractivity contribution in [3.05, 3.63) is 30.1 Å². The Morgan fingerprint density at radius 3 is 2.76 bits per heavy atom. The third-order valence-corrected chi connectivity index (χ3v) is 3.74. The molecule has 1 fully saturated rings. The molecular weight excluding hydrogens is 260 g/mol. The van der Waals surface area contributed by atoms with Crippen LogP contribution in [0.3, 0.4) is 0 Å². The highest BCUT2D eigenvalue weighted by Crippen LogP contribution is 2.28. The van der Waals surface area contributed by atoms with Crippen LogP contribution in [-0.2, 0) is 11.2 Å². The molecule has 1 aliphatic carbocycles. The molecule has 1 aromatic rings. The van der Waals surface area contributed by atoms with Crippen molar-refractivity contribution >= 4 is 5.91 Å². The van der Waals surface area contributed by atoms with Gasteiger partial charge in [-0.3, -0.25) is 9.78 Å². The molecule has 0 aliphatic heterocycles. The van der Waals surface area contributed by atoms with Gasteiger partial charge in [-0.1, -0.05) is 46.1 Å². The summed E-state index contributed by atoms with van der Waals surface area (Å²) in [5.74, 6) is 1.18. The van der Waals surface area contributed by atoms with Gasteiger partial charge in [0.2, 0.25) is 5.91 Å². The van der Waals surface area contributed by atoms with Crippen LogP contribution in [0.25, 0.3) is 0 Å². The summed E-state index contributed by atoms with van der Waals surface area (Å²) in [6.45, 7) is 7.21. The van der Waals surface area contributed by atoms with E-state index in [0.29, 0.717) is 5.92 Å². The van der Waals surface area contributed by atoms with E-state index in [9.17, 15) is 4.79 Å². The zero-order chi connectivity index (χ0) is 15.5. The molecule has 2 atom stereocenters. The lowest BCUT2D eigenvalue weighted by Gasteiger charge is -2.25. The normalized spacial score (nSPS) is 21.1. The molecule has 3 heteroatoms. The molecule has 2 unspecified atom stereocenters. The largest absolute Gasteiger partial charge is 0.356 e. The minimum atomic E-state index is 0.239. The number of aromatic nitrogens is 1. The SMILES string of the molecule is CC1CCCC(C(=O)NCCc2cccnc2)C1.CCC. The van der Waals surface area contributed by atoms with E-state index >= 15 is 0 Å². The predicted molar refractivity (Wildman–Crippen MR) is 88.0 cm³/mol. The highest BCUT2D eigenvalue weighted by atomic mass is 16.1. The van der Waals surface area contributed by atoms with Gasteiger partial charge in [0.25, 0.3) is 0 Å². The van der Waals surface area contributed by atoms with Gasteiger partial charge in [0.15, 0.2) is 0 Å². The summed E-state index contributed by atoms with van der Waals surface area (Å²) >= 11 is 0. The van der Waals surface area contributed by atoms with Gasteiger partial charge in [-0.2, -0.15) is 0 Å². The van der Waals surface area contributed by atoms with Gasteiger partial charge in [-0.15, -0.1) is 0 Å². The Balaban J connectivity index is 0.000000677. The maximum atomic E-state index is 12.0. The first-order valence-corrected chi connectivity index (χ1v) is 8.33. The average Bonchev–Trinajstić information content (AvgIpc) is 2.49. The Morgan fingerprint density at radius 2 is 2.14 bits per heavy atom. The minimum Gasteiger partial charge on any atom is -0.356 e. The van der Waals surface area contributed by atoms with Crippen molar-refractivity contribution in [2.45, 2.75) is 59.3 Å². The number of hydrogen-bond donors (Lipinski definition) is 1. The Bertz CT molecular complexity index is 391. The highest BCUT2D eigenvalue weighted by molar-refractivity contribution is 5.78. The predicted octanol–water partition coefficient (Wildman–Crippen LogP) is 3.98. The van der Waals surface area contributed by atoms with Crippen molar-refractivity contribution in [2.75, 3.05) is 6.54 Å². The highest BCUT2D eigenvalue weighted by Gasteiger charge is 2.24. The van der Waals surface area contributed by atoms with Gasteiger partial charge < -0.3 is 5.32 Å². The number of carbonyl (C=O) groups is 1. The van der Waals surface area contributed by atoms with Gasteiger partial charge in [-0.05, 0) is 36.8 Å². The number of nitrogens with one attached hydrogen (secondary N) is 1. The first kappa shape index (κ1) is 17.7. The first-order chi connectivity index (χ1) is 10.2. The Morgan fingerprint density at radius 1 is 1.38 bits per heavy atom. The quantitative estimate of drug-likeness (QED) is 0.911. The molecule has 0 radical (unpaired) electrons. The van der Waals surface area contributed by atoms with Gasteiger partial charge in [0.1, 0.15) is 0 Å². The van der Waals surface area contributed by atoms with Gasteiger partial charge >= 0.3 is 0 Å². The summed E-state index contributed by atoms with van der Waals surface area (Å²) in [7, 11) is 0. The molecule has 1 N–H and O–H groups in total. The zero-order valence-electron chi connectivity index (χ0n) is 13.8. The summed E-state index contributed by atoms with van der Waals surface area (Å²) in [5.41, 5.74) is 1.18. The van der Waals surface area contributed by atoms with E-state index in [2.05, 4.69) is 31.1 Å². The monoisotopic (exact) mass is 290 g/mol. The summed E-state index contributed by atoms with van der Waals surface area (Å²) in [6.07, 6.45) is 10.3. The molecular formula is C18H30N2O. The molecule has 1 heterocycles. The molecule has 21 heavy (non-hydrogen) atoms. The number of nitrogens with zero attached hydrogens (tertiary/aromatic N) is 1. The lowest BCUT2D eigenvalue weighted by molar-refractivity contribution is -0.126. The Labute approximate surface area is 129 Å². The van der Waals surface area contributed by atoms with Gasteiger partial charge in [-0.25, -0.2) is 0 Å². The summed E-state index contributed by atoms with van der Waals surface area (Å²) in [5, 5.41) is 3.05. The number of pyridine rings is 1. The fourth-order valence-corrected chi connectivity index (χ4v) is 2.69. The molecule has 0 spiro atoms. The van der Waals surface area contributed by atoms with E-state index in [-0.39, 0.29) is 11.8 Å². The van der Waals surface area contributed by atoms with E-state index in [0.717, 1.165) is 25.8 Å². The van der Waals surface area contributed by atoms with E-state index in [4.69, 9.17) is 0 Å². The lowest BCUT2D eigenvalue weighted by Crippen LogP contribution is -2.34. The van der Waals surface area contributed by atoms with Crippen molar-refractivity contribution in [1.82, 2.24) is 10.3 Å². The number of hydrogen-bond acceptors (Lipinski definition) is 2. The second kappa shape index (κ2) is 10.4. The number of carbonyl (C=O) groups excluding carboxylic acids is 1. The summed E-state index contributed by atoms with van der Waals surface area (Å²) in [6, 6.07) is 3.97. The third-order valence-electron chi connectivity index (χ3n) is 3.74. The minimum absolute atomic E-state index is 0.239. The average molecular weight is 290 g/mol. The van der Waals surface area contributed by atoms with Crippen LogP contribution in [0.15, 0.2) is 24.5 Å². The van der Waals surface area contributed by atoms with E-state index < -0.39 is 0 Å². The summed E-state index contributed by atoms with van der Waals surface area (Å²) < 4.78 is 0. The molecule has 118 valence electrons. The Kier molecular flexibility index (Phi) is 8.72. The van der Waals surface area contributed by atoms with E-state index in [1.54, 1.807) is 6.20 Å². The maximum absolute atomic E-state index is 12.0. The molecule has 3 nitrogen and oxygen atoms in total. The van der Waals surface area contributed by atoms with E-state index in [1.807, 2.05) is 18.3 Å². The van der Waals surface area contributed by atoms with Crippen LogP contribution in [-0.4, -0.2) is 17.4 Å². The zero-order valence-corrected chi connectivity index (χ0v) is 13.8. The van der Waals surface area contributed by atoms with Gasteiger partial charge in [0.05, 0.1) is 0 Å². The van der Waals surface area contributed by atoms with Crippen molar-refractivity contribution in [3.63, 3.8) is 0 Å². The van der Waals surface area contributed by atoms with Crippen LogP contribution in [0.4, 0.5) is 0 Å². The first-order valence-electron chi connectivity index (χ1n) is 8.33. The second-order valence-corrected chi connectivity index (χ2v) is 6.08. The standard InChI is InChI=1S/C15H22N2O.C3H8/c1-12-4-2-6-14(10-12)15(18)17-9-7-13-5-3-8-16-11-13;1-3-2/h3,5,8,11-12,14H,2,4,6-7,9-10H2,1H3,(H,17,18);3H2,1-2H3. The van der Waals surface area contributed by atoms with Crippen molar-refractivity contribution in [2.24, 2.45) is 11.8 Å². The molecule has 1 saturated carbocycles. The van der Waals surface area contributed by atoms with Crippen molar-refractivity contribution in [1.29, 1.82) is 0 Å². The number of rotatable bonds is 4. The molecule has 0 saturated heterocycles. The van der Waals surface area contributed by atoms with Crippen LogP contribution in [0.1, 0.15) is 58.4 Å². The molecule has 0 aromatic carbocycles. The van der Waals surface area contributed by atoms with E-state index in [1.165, 1.54) is 24.8 Å². The van der Waals surface area contributed by atoms with Crippen molar-refractivity contribution in [3.8, 4) is 0 Å². The topological polar surface area (TPSA) is 42.0 Å². The Hall–Kier alpha value is -1.38. The molecule has 1 aromatic heterocycles. The van der Waals surface area contributed by atoms with Crippen LogP contribution in [0.5, 0.6) is 0 Å². The van der Waals surface area contributed by atoms with Crippen LogP contribution < -0.4 is 5.32 Å². The number of amides is 1. The van der Waals surface area contributed by atoms with Gasteiger partial charge in [0, 0.05) is 24.9 Å². The fraction of sp³-hybridized carbons (Fsp3) is 0.667. The molecule has 1 amide bonds. The fourth-order valence-electron chi connectivity index (χ4n) is 2.69. The van der Waals surface area contributed by atoms with Crippen LogP contribution in [0, 0.1) is 11.8 Å². The van der Waals surface area contributed by atoms with Crippen LogP contribution >= 0.6 is 0 Å². The maximum Gasteiger partial charge on any atom is 0.223 e. The lowest BCUT2D eigenvalue weighted by atomic mass is 9.82.